The number of fused-ring (bicyclic) bond motifs is 1. The van der Waals surface area contributed by atoms with Gasteiger partial charge in [-0.2, -0.15) is 0 Å². The lowest BCUT2D eigenvalue weighted by molar-refractivity contribution is -0.384. The number of nitrogens with one attached hydrogen (secondary N) is 2. The van der Waals surface area contributed by atoms with Crippen LogP contribution in [0, 0.1) is 10.1 Å². The average Bonchev–Trinajstić information content (AvgIpc) is 2.72. The van der Waals surface area contributed by atoms with E-state index < -0.39 is 11.0 Å². The van der Waals surface area contributed by atoms with Gasteiger partial charge in [0.1, 0.15) is 6.04 Å². The lowest BCUT2D eigenvalue weighted by Crippen LogP contribution is -2.47. The van der Waals surface area contributed by atoms with Crippen LogP contribution in [-0.4, -0.2) is 29.8 Å². The van der Waals surface area contributed by atoms with Crippen molar-refractivity contribution in [2.75, 3.05) is 7.05 Å². The maximum atomic E-state index is 12.7. The highest BCUT2D eigenvalue weighted by atomic mass is 16.6. The minimum absolute atomic E-state index is 0.0274. The molecule has 0 bridgehead atoms. The average molecular weight is 377 g/mol. The molecule has 0 saturated heterocycles. The summed E-state index contributed by atoms with van der Waals surface area (Å²) in [5.41, 5.74) is 1.13. The second-order valence-electron chi connectivity index (χ2n) is 6.33. The highest BCUT2D eigenvalue weighted by Gasteiger charge is 2.21. The minimum atomic E-state index is -0.801. The molecule has 0 aliphatic carbocycles. The van der Waals surface area contributed by atoms with Gasteiger partial charge in [-0.1, -0.05) is 42.5 Å². The summed E-state index contributed by atoms with van der Waals surface area (Å²) >= 11 is 0. The maximum absolute atomic E-state index is 12.7. The highest BCUT2D eigenvalue weighted by molar-refractivity contribution is 6.00. The van der Waals surface area contributed by atoms with Crippen LogP contribution in [-0.2, 0) is 11.2 Å². The Balaban J connectivity index is 1.78. The summed E-state index contributed by atoms with van der Waals surface area (Å²) in [5, 5.41) is 18.0. The molecule has 0 aromatic heterocycles. The van der Waals surface area contributed by atoms with Crippen molar-refractivity contribution >= 4 is 28.3 Å². The molecule has 0 saturated carbocycles. The summed E-state index contributed by atoms with van der Waals surface area (Å²) in [5.74, 6) is -0.700. The number of nitro benzene ring substituents is 1. The molecule has 7 heteroatoms. The van der Waals surface area contributed by atoms with Gasteiger partial charge in [-0.25, -0.2) is 0 Å². The van der Waals surface area contributed by atoms with Gasteiger partial charge >= 0.3 is 0 Å². The van der Waals surface area contributed by atoms with E-state index in [-0.39, 0.29) is 23.9 Å². The fraction of sp³-hybridized carbons (Fsp3) is 0.143. The number of rotatable bonds is 6. The molecule has 3 aromatic carbocycles. The number of nitro groups is 1. The zero-order chi connectivity index (χ0) is 20.1. The third-order valence-corrected chi connectivity index (χ3v) is 4.47. The zero-order valence-electron chi connectivity index (χ0n) is 15.2. The minimum Gasteiger partial charge on any atom is -0.357 e. The first-order valence-corrected chi connectivity index (χ1v) is 8.72. The standard InChI is InChI=1S/C21H19N3O4/c1-22-21(26)19(12-14-6-10-18(11-7-14)24(27)28)23-20(25)17-9-8-15-4-2-3-5-16(15)13-17/h2-11,13,19H,12H2,1H3,(H,22,26)(H,23,25)/t19-/m0/s1. The fourth-order valence-corrected chi connectivity index (χ4v) is 2.95. The van der Waals surface area contributed by atoms with E-state index in [1.165, 1.54) is 19.2 Å². The molecule has 7 nitrogen and oxygen atoms in total. The van der Waals surface area contributed by atoms with E-state index in [4.69, 9.17) is 0 Å². The normalized spacial score (nSPS) is 11.6. The monoisotopic (exact) mass is 377 g/mol. The largest absolute Gasteiger partial charge is 0.357 e. The van der Waals surface area contributed by atoms with Crippen molar-refractivity contribution in [3.8, 4) is 0 Å². The maximum Gasteiger partial charge on any atom is 0.269 e. The van der Waals surface area contributed by atoms with Gasteiger partial charge in [0.15, 0.2) is 0 Å². The molecule has 28 heavy (non-hydrogen) atoms. The van der Waals surface area contributed by atoms with Crippen LogP contribution in [0.2, 0.25) is 0 Å². The van der Waals surface area contributed by atoms with Gasteiger partial charge in [0.25, 0.3) is 11.6 Å². The molecule has 0 heterocycles. The van der Waals surface area contributed by atoms with Crippen molar-refractivity contribution in [2.24, 2.45) is 0 Å². The number of carbonyl (C=O) groups is 2. The first kappa shape index (κ1) is 19.0. The summed E-state index contributed by atoms with van der Waals surface area (Å²) in [6, 6.07) is 18.1. The van der Waals surface area contributed by atoms with Gasteiger partial charge in [-0.3, -0.25) is 19.7 Å². The molecule has 2 N–H and O–H groups in total. The van der Waals surface area contributed by atoms with E-state index in [0.29, 0.717) is 11.1 Å². The topological polar surface area (TPSA) is 101 Å². The molecule has 0 radical (unpaired) electrons. The predicted molar refractivity (Wildman–Crippen MR) is 106 cm³/mol. The van der Waals surface area contributed by atoms with E-state index in [2.05, 4.69) is 10.6 Å². The number of benzene rings is 3. The van der Waals surface area contributed by atoms with Crippen molar-refractivity contribution in [1.29, 1.82) is 0 Å². The molecule has 142 valence electrons. The lowest BCUT2D eigenvalue weighted by Gasteiger charge is -2.17. The number of likely N-dealkylation sites (N-methyl/N-ethyl adjacent to an activating group) is 1. The Bertz CT molecular complexity index is 1030. The predicted octanol–water partition coefficient (Wildman–Crippen LogP) is 2.84. The van der Waals surface area contributed by atoms with Gasteiger partial charge in [-0.15, -0.1) is 0 Å². The van der Waals surface area contributed by atoms with Gasteiger partial charge in [0.2, 0.25) is 5.91 Å². The molecule has 0 spiro atoms. The highest BCUT2D eigenvalue weighted by Crippen LogP contribution is 2.17. The summed E-state index contributed by atoms with van der Waals surface area (Å²) in [6.07, 6.45) is 0.219. The molecule has 0 aliphatic heterocycles. The molecule has 0 fully saturated rings. The van der Waals surface area contributed by atoms with Crippen LogP contribution < -0.4 is 10.6 Å². The van der Waals surface area contributed by atoms with Crippen LogP contribution in [0.3, 0.4) is 0 Å². The Morgan fingerprint density at radius 3 is 2.32 bits per heavy atom. The van der Waals surface area contributed by atoms with E-state index >= 15 is 0 Å². The first-order chi connectivity index (χ1) is 13.5. The quantitative estimate of drug-likeness (QED) is 0.509. The van der Waals surface area contributed by atoms with Crippen LogP contribution in [0.5, 0.6) is 0 Å². The summed E-state index contributed by atoms with van der Waals surface area (Å²) in [7, 11) is 1.49. The van der Waals surface area contributed by atoms with Crippen molar-refractivity contribution in [2.45, 2.75) is 12.5 Å². The van der Waals surface area contributed by atoms with Gasteiger partial charge in [0.05, 0.1) is 4.92 Å². The molecule has 2 amide bonds. The van der Waals surface area contributed by atoms with Crippen molar-refractivity contribution in [1.82, 2.24) is 10.6 Å². The van der Waals surface area contributed by atoms with Crippen molar-refractivity contribution in [3.05, 3.63) is 88.0 Å². The molecular formula is C21H19N3O4. The van der Waals surface area contributed by atoms with E-state index in [0.717, 1.165) is 10.8 Å². The third-order valence-electron chi connectivity index (χ3n) is 4.47. The Morgan fingerprint density at radius 2 is 1.68 bits per heavy atom. The van der Waals surface area contributed by atoms with Crippen molar-refractivity contribution < 1.29 is 14.5 Å². The van der Waals surface area contributed by atoms with Crippen LogP contribution >= 0.6 is 0 Å². The second kappa shape index (κ2) is 8.30. The Labute approximate surface area is 161 Å². The van der Waals surface area contributed by atoms with Crippen LogP contribution in [0.15, 0.2) is 66.7 Å². The molecular weight excluding hydrogens is 358 g/mol. The molecule has 1 atom stereocenters. The van der Waals surface area contributed by atoms with Crippen molar-refractivity contribution in [3.63, 3.8) is 0 Å². The summed E-state index contributed by atoms with van der Waals surface area (Å²) < 4.78 is 0. The number of nitrogens with zero attached hydrogens (tertiary/aromatic N) is 1. The number of carbonyl (C=O) groups excluding carboxylic acids is 2. The third kappa shape index (κ3) is 4.32. The fourth-order valence-electron chi connectivity index (χ4n) is 2.95. The molecule has 0 aliphatic rings. The molecule has 3 rings (SSSR count). The van der Waals surface area contributed by atoms with Crippen LogP contribution in [0.4, 0.5) is 5.69 Å². The lowest BCUT2D eigenvalue weighted by atomic mass is 10.0. The number of hydrogen-bond donors (Lipinski definition) is 2. The Morgan fingerprint density at radius 1 is 1.00 bits per heavy atom. The van der Waals surface area contributed by atoms with E-state index in [1.807, 2.05) is 30.3 Å². The number of amides is 2. The van der Waals surface area contributed by atoms with Gasteiger partial charge in [0, 0.05) is 31.2 Å². The second-order valence-corrected chi connectivity index (χ2v) is 6.33. The van der Waals surface area contributed by atoms with Gasteiger partial charge in [-0.05, 0) is 28.5 Å². The van der Waals surface area contributed by atoms with Crippen LogP contribution in [0.25, 0.3) is 10.8 Å². The number of hydrogen-bond acceptors (Lipinski definition) is 4. The molecule has 0 unspecified atom stereocenters. The zero-order valence-corrected chi connectivity index (χ0v) is 15.2. The summed E-state index contributed by atoms with van der Waals surface area (Å²) in [6.45, 7) is 0. The number of non-ortho nitro benzene ring substituents is 1. The Hall–Kier alpha value is -3.74. The van der Waals surface area contributed by atoms with Crippen LogP contribution in [0.1, 0.15) is 15.9 Å². The van der Waals surface area contributed by atoms with E-state index in [1.54, 1.807) is 24.3 Å². The smallest absolute Gasteiger partial charge is 0.269 e. The van der Waals surface area contributed by atoms with E-state index in [9.17, 15) is 19.7 Å². The first-order valence-electron chi connectivity index (χ1n) is 8.72. The van der Waals surface area contributed by atoms with Gasteiger partial charge < -0.3 is 10.6 Å². The SMILES string of the molecule is CNC(=O)[C@H](Cc1ccc([N+](=O)[O-])cc1)NC(=O)c1ccc2ccccc2c1. The Kier molecular flexibility index (Phi) is 5.64. The molecule has 3 aromatic rings. The summed E-state index contributed by atoms with van der Waals surface area (Å²) in [4.78, 5) is 35.2.